The maximum atomic E-state index is 13.6. The molecule has 1 aromatic heterocycles. The quantitative estimate of drug-likeness (QED) is 0.820. The maximum absolute atomic E-state index is 13.6. The first-order valence-electron chi connectivity index (χ1n) is 4.46. The van der Waals surface area contributed by atoms with E-state index in [4.69, 9.17) is 5.73 Å². The topological polar surface area (TPSA) is 43.8 Å². The monoisotopic (exact) mass is 287 g/mol. The van der Waals surface area contributed by atoms with E-state index >= 15 is 0 Å². The Labute approximate surface area is 99.0 Å². The van der Waals surface area contributed by atoms with Gasteiger partial charge in [0.15, 0.2) is 0 Å². The van der Waals surface area contributed by atoms with Gasteiger partial charge in [-0.25, -0.2) is 13.5 Å². The fourth-order valence-electron chi connectivity index (χ4n) is 1.42. The molecule has 0 aliphatic carbocycles. The maximum Gasteiger partial charge on any atom is 0.150 e. The van der Waals surface area contributed by atoms with Crippen molar-refractivity contribution in [3.63, 3.8) is 0 Å². The van der Waals surface area contributed by atoms with Gasteiger partial charge in [-0.15, -0.1) is 0 Å². The Morgan fingerprint density at radius 2 is 1.94 bits per heavy atom. The lowest BCUT2D eigenvalue weighted by atomic mass is 10.3. The number of aryl methyl sites for hydroxylation is 1. The summed E-state index contributed by atoms with van der Waals surface area (Å²) < 4.78 is 28.2. The average Bonchev–Trinajstić information content (AvgIpc) is 2.51. The molecular formula is C10H8BrF2N3. The van der Waals surface area contributed by atoms with Gasteiger partial charge in [0.05, 0.1) is 4.47 Å². The molecule has 84 valence electrons. The number of benzene rings is 1. The van der Waals surface area contributed by atoms with Crippen LogP contribution >= 0.6 is 15.9 Å². The summed E-state index contributed by atoms with van der Waals surface area (Å²) >= 11 is 2.91. The third kappa shape index (κ3) is 1.80. The van der Waals surface area contributed by atoms with Crippen molar-refractivity contribution in [2.75, 3.05) is 5.73 Å². The smallest absolute Gasteiger partial charge is 0.150 e. The molecule has 0 saturated carbocycles. The Hall–Kier alpha value is -1.43. The van der Waals surface area contributed by atoms with Crippen molar-refractivity contribution >= 4 is 21.7 Å². The van der Waals surface area contributed by atoms with Gasteiger partial charge in [-0.1, -0.05) is 0 Å². The molecule has 0 atom stereocenters. The summed E-state index contributed by atoms with van der Waals surface area (Å²) in [6, 6.07) is 3.71. The van der Waals surface area contributed by atoms with E-state index in [9.17, 15) is 8.78 Å². The molecule has 0 bridgehead atoms. The molecule has 0 amide bonds. The van der Waals surface area contributed by atoms with Crippen LogP contribution in [0.25, 0.3) is 5.69 Å². The highest BCUT2D eigenvalue weighted by atomic mass is 79.9. The molecule has 16 heavy (non-hydrogen) atoms. The molecule has 1 aromatic carbocycles. The van der Waals surface area contributed by atoms with Gasteiger partial charge in [-0.05, 0) is 28.9 Å². The summed E-state index contributed by atoms with van der Waals surface area (Å²) in [5.41, 5.74) is 6.15. The van der Waals surface area contributed by atoms with Crippen LogP contribution in [0.1, 0.15) is 5.69 Å². The van der Waals surface area contributed by atoms with E-state index in [0.717, 1.165) is 12.1 Å². The van der Waals surface area contributed by atoms with Crippen molar-refractivity contribution in [2.45, 2.75) is 6.92 Å². The van der Waals surface area contributed by atoms with Gasteiger partial charge in [0.1, 0.15) is 23.1 Å². The normalized spacial score (nSPS) is 10.8. The van der Waals surface area contributed by atoms with Gasteiger partial charge >= 0.3 is 0 Å². The van der Waals surface area contributed by atoms with Gasteiger partial charge in [0.25, 0.3) is 0 Å². The third-order valence-corrected chi connectivity index (χ3v) is 2.73. The predicted molar refractivity (Wildman–Crippen MR) is 60.3 cm³/mol. The highest BCUT2D eigenvalue weighted by molar-refractivity contribution is 9.10. The number of halogens is 3. The third-order valence-electron chi connectivity index (χ3n) is 2.12. The molecule has 6 heteroatoms. The first kappa shape index (κ1) is 11.1. The van der Waals surface area contributed by atoms with Crippen molar-refractivity contribution in [3.05, 3.63) is 40.0 Å². The fourth-order valence-corrected chi connectivity index (χ4v) is 1.73. The molecule has 0 radical (unpaired) electrons. The van der Waals surface area contributed by atoms with Gasteiger partial charge in [-0.2, -0.15) is 5.10 Å². The zero-order valence-corrected chi connectivity index (χ0v) is 9.92. The molecule has 2 N–H and O–H groups in total. The summed E-state index contributed by atoms with van der Waals surface area (Å²) in [6.45, 7) is 1.71. The fraction of sp³-hybridized carbons (Fsp3) is 0.100. The lowest BCUT2D eigenvalue weighted by molar-refractivity contribution is 0.580. The number of nitrogen functional groups attached to an aromatic ring is 1. The molecule has 3 nitrogen and oxygen atoms in total. The van der Waals surface area contributed by atoms with Crippen LogP contribution in [-0.4, -0.2) is 9.78 Å². The van der Waals surface area contributed by atoms with Crippen LogP contribution in [-0.2, 0) is 0 Å². The van der Waals surface area contributed by atoms with E-state index < -0.39 is 11.6 Å². The minimum absolute atomic E-state index is 0.0369. The van der Waals surface area contributed by atoms with Crippen molar-refractivity contribution in [2.24, 2.45) is 0 Å². The molecule has 2 rings (SSSR count). The molecular weight excluding hydrogens is 280 g/mol. The lowest BCUT2D eigenvalue weighted by Crippen LogP contribution is -2.03. The standard InChI is InChI=1S/C10H8BrF2N3/c1-5-2-10(14)15-16(5)9-4-7(12)6(11)3-8(9)13/h2-4H,1H3,(H2,14,15). The SMILES string of the molecule is Cc1cc(N)nn1-c1cc(F)c(Br)cc1F. The minimum Gasteiger partial charge on any atom is -0.382 e. The van der Waals surface area contributed by atoms with Crippen molar-refractivity contribution < 1.29 is 8.78 Å². The summed E-state index contributed by atoms with van der Waals surface area (Å²) in [5, 5.41) is 3.88. The highest BCUT2D eigenvalue weighted by Gasteiger charge is 2.12. The van der Waals surface area contributed by atoms with E-state index in [2.05, 4.69) is 21.0 Å². The first-order chi connectivity index (χ1) is 7.49. The highest BCUT2D eigenvalue weighted by Crippen LogP contribution is 2.23. The number of nitrogens with two attached hydrogens (primary N) is 1. The number of hydrogen-bond donors (Lipinski definition) is 1. The van der Waals surface area contributed by atoms with Crippen LogP contribution < -0.4 is 5.73 Å². The van der Waals surface area contributed by atoms with Gasteiger partial charge < -0.3 is 5.73 Å². The summed E-state index contributed by atoms with van der Waals surface area (Å²) in [6.07, 6.45) is 0. The van der Waals surface area contributed by atoms with Gasteiger partial charge in [0, 0.05) is 17.8 Å². The van der Waals surface area contributed by atoms with Crippen molar-refractivity contribution in [1.82, 2.24) is 9.78 Å². The Morgan fingerprint density at radius 3 is 2.50 bits per heavy atom. The van der Waals surface area contributed by atoms with Gasteiger partial charge in [-0.3, -0.25) is 0 Å². The minimum atomic E-state index is -0.570. The number of anilines is 1. The van der Waals surface area contributed by atoms with Crippen LogP contribution in [0.5, 0.6) is 0 Å². The predicted octanol–water partition coefficient (Wildman–Crippen LogP) is 2.80. The molecule has 0 aliphatic rings. The average molecular weight is 288 g/mol. The van der Waals surface area contributed by atoms with E-state index in [1.165, 1.54) is 4.68 Å². The number of hydrogen-bond acceptors (Lipinski definition) is 2. The number of aromatic nitrogens is 2. The van der Waals surface area contributed by atoms with Crippen LogP contribution in [0, 0.1) is 18.6 Å². The first-order valence-corrected chi connectivity index (χ1v) is 5.25. The molecule has 0 saturated heterocycles. The molecule has 0 spiro atoms. The molecule has 0 unspecified atom stereocenters. The number of rotatable bonds is 1. The van der Waals surface area contributed by atoms with Gasteiger partial charge in [0.2, 0.25) is 0 Å². The molecule has 2 aromatic rings. The Morgan fingerprint density at radius 1 is 1.25 bits per heavy atom. The van der Waals surface area contributed by atoms with Crippen LogP contribution in [0.15, 0.2) is 22.7 Å². The Kier molecular flexibility index (Phi) is 2.67. The summed E-state index contributed by atoms with van der Waals surface area (Å²) in [4.78, 5) is 0. The summed E-state index contributed by atoms with van der Waals surface area (Å²) in [5.74, 6) is -0.857. The molecule has 0 aliphatic heterocycles. The van der Waals surface area contributed by atoms with E-state index in [0.29, 0.717) is 5.69 Å². The Bertz CT molecular complexity index is 551. The lowest BCUT2D eigenvalue weighted by Gasteiger charge is -2.06. The molecule has 0 fully saturated rings. The van der Waals surface area contributed by atoms with Crippen molar-refractivity contribution in [1.29, 1.82) is 0 Å². The second-order valence-corrected chi connectivity index (χ2v) is 4.19. The van der Waals surface area contributed by atoms with E-state index in [1.807, 2.05) is 0 Å². The Balaban J connectivity index is 2.64. The van der Waals surface area contributed by atoms with Crippen LogP contribution in [0.4, 0.5) is 14.6 Å². The molecule has 1 heterocycles. The second kappa shape index (κ2) is 3.86. The zero-order valence-electron chi connectivity index (χ0n) is 8.34. The van der Waals surface area contributed by atoms with Crippen molar-refractivity contribution in [3.8, 4) is 5.69 Å². The zero-order chi connectivity index (χ0) is 11.9. The summed E-state index contributed by atoms with van der Waals surface area (Å²) in [7, 11) is 0. The van der Waals surface area contributed by atoms with E-state index in [-0.39, 0.29) is 16.0 Å². The largest absolute Gasteiger partial charge is 0.382 e. The van der Waals surface area contributed by atoms with E-state index in [1.54, 1.807) is 13.0 Å². The second-order valence-electron chi connectivity index (χ2n) is 3.34. The number of nitrogens with zero attached hydrogens (tertiary/aromatic N) is 2. The van der Waals surface area contributed by atoms with Crippen LogP contribution in [0.3, 0.4) is 0 Å². The van der Waals surface area contributed by atoms with Crippen LogP contribution in [0.2, 0.25) is 0 Å².